The highest BCUT2D eigenvalue weighted by Crippen LogP contribution is 2.15. The van der Waals surface area contributed by atoms with E-state index in [4.69, 9.17) is 5.26 Å². The van der Waals surface area contributed by atoms with Crippen molar-refractivity contribution in [3.05, 3.63) is 18.0 Å². The van der Waals surface area contributed by atoms with Crippen molar-refractivity contribution < 1.29 is 0 Å². The van der Waals surface area contributed by atoms with Crippen LogP contribution in [0.15, 0.2) is 12.3 Å². The minimum absolute atomic E-state index is 0.317. The number of hydrogen-bond acceptors (Lipinski definition) is 5. The molecule has 5 heteroatoms. The molecule has 1 aromatic rings. The molecule has 0 amide bonds. The van der Waals surface area contributed by atoms with Crippen LogP contribution in [0.4, 0.5) is 5.95 Å². The van der Waals surface area contributed by atoms with Crippen LogP contribution in [0.1, 0.15) is 38.8 Å². The maximum absolute atomic E-state index is 8.93. The molecule has 1 aromatic heterocycles. The van der Waals surface area contributed by atoms with Crippen LogP contribution in [0.5, 0.6) is 0 Å². The first-order chi connectivity index (χ1) is 9.20. The Labute approximate surface area is 114 Å². The van der Waals surface area contributed by atoms with Crippen molar-refractivity contribution in [1.82, 2.24) is 15.3 Å². The van der Waals surface area contributed by atoms with Crippen molar-refractivity contribution in [3.8, 4) is 6.07 Å². The highest BCUT2D eigenvalue weighted by atomic mass is 15.3. The molecule has 5 nitrogen and oxygen atoms in total. The fraction of sp³-hybridized carbons (Fsp3) is 0.643. The van der Waals surface area contributed by atoms with Gasteiger partial charge in [0, 0.05) is 24.8 Å². The Hall–Kier alpha value is -1.67. The van der Waals surface area contributed by atoms with Crippen molar-refractivity contribution in [1.29, 1.82) is 5.26 Å². The molecule has 0 saturated carbocycles. The van der Waals surface area contributed by atoms with Crippen molar-refractivity contribution in [2.24, 2.45) is 0 Å². The van der Waals surface area contributed by atoms with E-state index in [1.807, 2.05) is 0 Å². The number of anilines is 1. The number of nitrogens with zero attached hydrogens (tertiary/aromatic N) is 4. The summed E-state index contributed by atoms with van der Waals surface area (Å²) in [6.45, 7) is 6.25. The summed E-state index contributed by atoms with van der Waals surface area (Å²) >= 11 is 0. The first-order valence-electron chi connectivity index (χ1n) is 6.94. The Kier molecular flexibility index (Phi) is 4.69. The smallest absolute Gasteiger partial charge is 0.226 e. The van der Waals surface area contributed by atoms with Gasteiger partial charge in [0.1, 0.15) is 11.8 Å². The van der Waals surface area contributed by atoms with Gasteiger partial charge in [-0.05, 0) is 39.3 Å². The Morgan fingerprint density at radius 3 is 3.00 bits per heavy atom. The van der Waals surface area contributed by atoms with E-state index in [2.05, 4.69) is 40.1 Å². The third-order valence-corrected chi connectivity index (χ3v) is 3.47. The molecule has 2 heterocycles. The number of nitriles is 1. The highest BCUT2D eigenvalue weighted by Gasteiger charge is 2.20. The van der Waals surface area contributed by atoms with Crippen molar-refractivity contribution >= 4 is 5.95 Å². The third kappa shape index (κ3) is 3.65. The molecule has 2 rings (SSSR count). The lowest BCUT2D eigenvalue weighted by molar-refractivity contribution is 0.391. The maximum atomic E-state index is 8.93. The van der Waals surface area contributed by atoms with Gasteiger partial charge in [0.2, 0.25) is 5.95 Å². The average molecular weight is 259 g/mol. The van der Waals surface area contributed by atoms with Crippen molar-refractivity contribution in [3.63, 3.8) is 0 Å². The summed E-state index contributed by atoms with van der Waals surface area (Å²) in [6.07, 6.45) is 5.40. The van der Waals surface area contributed by atoms with Gasteiger partial charge in [-0.1, -0.05) is 6.42 Å². The minimum Gasteiger partial charge on any atom is -0.337 e. The second kappa shape index (κ2) is 6.48. The summed E-state index contributed by atoms with van der Waals surface area (Å²) in [5.41, 5.74) is 0.423. The topological polar surface area (TPSA) is 64.8 Å². The molecule has 1 aliphatic heterocycles. The van der Waals surface area contributed by atoms with Crippen molar-refractivity contribution in [2.75, 3.05) is 18.0 Å². The second-order valence-corrected chi connectivity index (χ2v) is 5.25. The molecule has 102 valence electrons. The Balaban J connectivity index is 2.12. The predicted molar refractivity (Wildman–Crippen MR) is 74.9 cm³/mol. The largest absolute Gasteiger partial charge is 0.337 e. The van der Waals surface area contributed by atoms with E-state index in [1.165, 1.54) is 19.3 Å². The van der Waals surface area contributed by atoms with Crippen LogP contribution in [0.25, 0.3) is 0 Å². The van der Waals surface area contributed by atoms with Crippen LogP contribution < -0.4 is 10.2 Å². The summed E-state index contributed by atoms with van der Waals surface area (Å²) in [4.78, 5) is 10.8. The number of rotatable bonds is 4. The maximum Gasteiger partial charge on any atom is 0.226 e. The molecule has 1 saturated heterocycles. The number of aromatic nitrogens is 2. The molecule has 0 spiro atoms. The molecule has 0 radical (unpaired) electrons. The molecular formula is C14H21N5. The third-order valence-electron chi connectivity index (χ3n) is 3.47. The monoisotopic (exact) mass is 259 g/mol. The van der Waals surface area contributed by atoms with E-state index in [-0.39, 0.29) is 0 Å². The van der Waals surface area contributed by atoms with Crippen LogP contribution >= 0.6 is 0 Å². The van der Waals surface area contributed by atoms with Gasteiger partial charge >= 0.3 is 0 Å². The van der Waals surface area contributed by atoms with Gasteiger partial charge in [0.05, 0.1) is 0 Å². The van der Waals surface area contributed by atoms with E-state index < -0.39 is 0 Å². The lowest BCUT2D eigenvalue weighted by Crippen LogP contribution is -2.46. The summed E-state index contributed by atoms with van der Waals surface area (Å²) in [7, 11) is 0. The summed E-state index contributed by atoms with van der Waals surface area (Å²) < 4.78 is 0. The normalized spacial score (nSPS) is 19.2. The van der Waals surface area contributed by atoms with Crippen molar-refractivity contribution in [2.45, 2.75) is 45.2 Å². The molecule has 1 fully saturated rings. The van der Waals surface area contributed by atoms with Crippen LogP contribution in [0.3, 0.4) is 0 Å². The van der Waals surface area contributed by atoms with E-state index in [0.29, 0.717) is 23.7 Å². The molecule has 19 heavy (non-hydrogen) atoms. The molecule has 1 atom stereocenters. The van der Waals surface area contributed by atoms with Crippen LogP contribution in [0, 0.1) is 11.3 Å². The van der Waals surface area contributed by atoms with Crippen LogP contribution in [-0.2, 0) is 0 Å². The fourth-order valence-corrected chi connectivity index (χ4v) is 2.39. The van der Waals surface area contributed by atoms with Gasteiger partial charge in [0.25, 0.3) is 0 Å². The second-order valence-electron chi connectivity index (χ2n) is 5.25. The summed E-state index contributed by atoms with van der Waals surface area (Å²) in [6, 6.07) is 4.52. The van der Waals surface area contributed by atoms with E-state index in [1.54, 1.807) is 12.3 Å². The van der Waals surface area contributed by atoms with Crippen LogP contribution in [-0.4, -0.2) is 35.1 Å². The molecule has 0 aliphatic carbocycles. The molecule has 1 unspecified atom stereocenters. The molecule has 0 aromatic carbocycles. The van der Waals surface area contributed by atoms with Gasteiger partial charge < -0.3 is 10.2 Å². The van der Waals surface area contributed by atoms with Gasteiger partial charge in [-0.3, -0.25) is 0 Å². The standard InChI is InChI=1S/C14H21N5/c1-11(2)19(10-13-5-3-4-7-16-13)14-17-8-6-12(9-15)18-14/h6,8,11,13,16H,3-5,7,10H2,1-2H3. The van der Waals surface area contributed by atoms with Gasteiger partial charge in [-0.15, -0.1) is 0 Å². The van der Waals surface area contributed by atoms with E-state index in [9.17, 15) is 0 Å². The number of piperidine rings is 1. The van der Waals surface area contributed by atoms with E-state index in [0.717, 1.165) is 13.1 Å². The zero-order chi connectivity index (χ0) is 13.7. The van der Waals surface area contributed by atoms with E-state index >= 15 is 0 Å². The van der Waals surface area contributed by atoms with Gasteiger partial charge in [-0.25, -0.2) is 9.97 Å². The molecule has 0 bridgehead atoms. The molecular weight excluding hydrogens is 238 g/mol. The van der Waals surface area contributed by atoms with Crippen LogP contribution in [0.2, 0.25) is 0 Å². The highest BCUT2D eigenvalue weighted by molar-refractivity contribution is 5.35. The lowest BCUT2D eigenvalue weighted by Gasteiger charge is -2.33. The van der Waals surface area contributed by atoms with Gasteiger partial charge in [0.15, 0.2) is 0 Å². The minimum atomic E-state index is 0.317. The summed E-state index contributed by atoms with van der Waals surface area (Å²) in [5, 5.41) is 12.5. The zero-order valence-corrected chi connectivity index (χ0v) is 11.6. The fourth-order valence-electron chi connectivity index (χ4n) is 2.39. The Morgan fingerprint density at radius 1 is 1.53 bits per heavy atom. The van der Waals surface area contributed by atoms with Gasteiger partial charge in [-0.2, -0.15) is 5.26 Å². The number of hydrogen-bond donors (Lipinski definition) is 1. The predicted octanol–water partition coefficient (Wildman–Crippen LogP) is 1.71. The SMILES string of the molecule is CC(C)N(CC1CCCCN1)c1nccc(C#N)n1. The summed E-state index contributed by atoms with van der Waals surface area (Å²) in [5.74, 6) is 0.654. The lowest BCUT2D eigenvalue weighted by atomic mass is 10.0. The first kappa shape index (κ1) is 13.8. The molecule has 1 N–H and O–H groups in total. The Bertz CT molecular complexity index is 445. The molecule has 1 aliphatic rings. The average Bonchev–Trinajstić information content (AvgIpc) is 2.45. The Morgan fingerprint density at radius 2 is 2.37 bits per heavy atom. The number of nitrogens with one attached hydrogen (secondary N) is 1. The zero-order valence-electron chi connectivity index (χ0n) is 11.6. The quantitative estimate of drug-likeness (QED) is 0.891. The first-order valence-corrected chi connectivity index (χ1v) is 6.94.